The highest BCUT2D eigenvalue weighted by Crippen LogP contribution is 2.25. The van der Waals surface area contributed by atoms with Gasteiger partial charge in [0.15, 0.2) is 0 Å². The van der Waals surface area contributed by atoms with Crippen LogP contribution in [0.3, 0.4) is 0 Å². The molecule has 37 heavy (non-hydrogen) atoms. The Hall–Kier alpha value is -3.39. The number of hydrogen-bond donors (Lipinski definition) is 0. The van der Waals surface area contributed by atoms with Gasteiger partial charge < -0.3 is 4.74 Å². The topological polar surface area (TPSA) is 26.3 Å². The molecule has 0 saturated carbocycles. The van der Waals surface area contributed by atoms with Gasteiger partial charge in [-0.05, 0) is 86.6 Å². The third-order valence-electron chi connectivity index (χ3n) is 7.25. The molecule has 0 radical (unpaired) electrons. The summed E-state index contributed by atoms with van der Waals surface area (Å²) in [4.78, 5) is 13.4. The first-order valence-electron chi connectivity index (χ1n) is 13.9. The number of benzene rings is 3. The van der Waals surface area contributed by atoms with Gasteiger partial charge in [0.1, 0.15) is 18.1 Å². The first-order valence-corrected chi connectivity index (χ1v) is 13.9. The minimum absolute atomic E-state index is 0.0458. The molecule has 0 N–H and O–H groups in total. The molecule has 1 atom stereocenters. The van der Waals surface area contributed by atoms with Crippen LogP contribution in [-0.4, -0.2) is 5.78 Å². The summed E-state index contributed by atoms with van der Waals surface area (Å²) in [5, 5.41) is 0. The fourth-order valence-corrected chi connectivity index (χ4v) is 5.07. The van der Waals surface area contributed by atoms with Crippen molar-refractivity contribution < 1.29 is 9.53 Å². The summed E-state index contributed by atoms with van der Waals surface area (Å²) in [6, 6.07) is 27.2. The Balaban J connectivity index is 1.35. The largest absolute Gasteiger partial charge is 0.489 e. The Morgan fingerprint density at radius 2 is 1.59 bits per heavy atom. The van der Waals surface area contributed by atoms with Gasteiger partial charge >= 0.3 is 0 Å². The van der Waals surface area contributed by atoms with E-state index in [1.165, 1.54) is 16.7 Å². The maximum absolute atomic E-state index is 13.4. The van der Waals surface area contributed by atoms with E-state index in [0.29, 0.717) is 18.8 Å². The van der Waals surface area contributed by atoms with E-state index in [1.807, 2.05) is 24.3 Å². The van der Waals surface area contributed by atoms with Crippen LogP contribution in [0.5, 0.6) is 5.75 Å². The molecule has 0 spiro atoms. The summed E-state index contributed by atoms with van der Waals surface area (Å²) < 4.78 is 6.07. The third-order valence-corrected chi connectivity index (χ3v) is 7.25. The third kappa shape index (κ3) is 8.89. The monoisotopic (exact) mass is 492 g/mol. The highest BCUT2D eigenvalue weighted by Gasteiger charge is 2.19. The SMILES string of the molecule is Cc1cc(CC(CCc2ccccc2)C(=O)CCCCC2=CCCC=C2)ccc1OCc1ccccc1. The molecule has 0 aliphatic heterocycles. The standard InChI is InChI=1S/C35H40O2/c1-28-25-32(22-24-35(28)37-27-31-18-9-4-10-19-31)26-33(23-21-30-15-7-3-8-16-30)34(36)20-12-11-17-29-13-5-2-6-14-29/h3-5,7-10,13-16,18-19,22,24-25,33H,2,6,11-12,17,20-21,23,26-27H2,1H3. The number of aryl methyl sites for hydroxylation is 2. The van der Waals surface area contributed by atoms with Crippen LogP contribution < -0.4 is 4.74 Å². The molecule has 2 nitrogen and oxygen atoms in total. The Kier molecular flexibility index (Phi) is 10.4. The molecule has 192 valence electrons. The average molecular weight is 493 g/mol. The normalized spacial score (nSPS) is 13.7. The highest BCUT2D eigenvalue weighted by molar-refractivity contribution is 5.81. The molecule has 0 aromatic heterocycles. The Morgan fingerprint density at radius 1 is 0.838 bits per heavy atom. The van der Waals surface area contributed by atoms with E-state index in [-0.39, 0.29) is 5.92 Å². The molecule has 2 heteroatoms. The van der Waals surface area contributed by atoms with Crippen LogP contribution in [0, 0.1) is 12.8 Å². The van der Waals surface area contributed by atoms with E-state index >= 15 is 0 Å². The lowest BCUT2D eigenvalue weighted by molar-refractivity contribution is -0.123. The van der Waals surface area contributed by atoms with E-state index < -0.39 is 0 Å². The molecule has 0 amide bonds. The number of carbonyl (C=O) groups is 1. The molecule has 0 saturated heterocycles. The minimum Gasteiger partial charge on any atom is -0.489 e. The van der Waals surface area contributed by atoms with Gasteiger partial charge in [0.2, 0.25) is 0 Å². The van der Waals surface area contributed by atoms with Crippen molar-refractivity contribution in [1.82, 2.24) is 0 Å². The zero-order valence-electron chi connectivity index (χ0n) is 22.2. The molecular formula is C35H40O2. The van der Waals surface area contributed by atoms with Crippen LogP contribution in [0.1, 0.15) is 67.2 Å². The van der Waals surface area contributed by atoms with Gasteiger partial charge in [-0.3, -0.25) is 4.79 Å². The van der Waals surface area contributed by atoms with Crippen LogP contribution in [-0.2, 0) is 24.2 Å². The van der Waals surface area contributed by atoms with E-state index in [0.717, 1.165) is 68.2 Å². The lowest BCUT2D eigenvalue weighted by atomic mass is 9.87. The molecule has 1 unspecified atom stereocenters. The lowest BCUT2D eigenvalue weighted by Gasteiger charge is -2.18. The summed E-state index contributed by atoms with van der Waals surface area (Å²) in [5.41, 5.74) is 6.24. The number of rotatable bonds is 14. The van der Waals surface area contributed by atoms with Crippen LogP contribution in [0.4, 0.5) is 0 Å². The molecule has 3 aromatic rings. The summed E-state index contributed by atoms with van der Waals surface area (Å²) in [6.07, 6.45) is 15.6. The first kappa shape index (κ1) is 26.7. The van der Waals surface area contributed by atoms with Gasteiger partial charge in [-0.25, -0.2) is 0 Å². The van der Waals surface area contributed by atoms with Gasteiger partial charge in [-0.1, -0.05) is 96.6 Å². The molecule has 1 aliphatic rings. The van der Waals surface area contributed by atoms with E-state index in [4.69, 9.17) is 4.74 Å². The summed E-state index contributed by atoms with van der Waals surface area (Å²) in [6.45, 7) is 2.66. The summed E-state index contributed by atoms with van der Waals surface area (Å²) in [7, 11) is 0. The van der Waals surface area contributed by atoms with Gasteiger partial charge in [-0.15, -0.1) is 0 Å². The predicted molar refractivity (Wildman–Crippen MR) is 154 cm³/mol. The van der Waals surface area contributed by atoms with Crippen LogP contribution in [0.15, 0.2) is 103 Å². The van der Waals surface area contributed by atoms with Gasteiger partial charge in [-0.2, -0.15) is 0 Å². The average Bonchev–Trinajstić information content (AvgIpc) is 2.94. The molecule has 0 heterocycles. The van der Waals surface area contributed by atoms with Crippen molar-refractivity contribution in [2.24, 2.45) is 5.92 Å². The number of Topliss-reactive ketones (excluding diaryl/α,β-unsaturated/α-hetero) is 1. The highest BCUT2D eigenvalue weighted by atomic mass is 16.5. The predicted octanol–water partition coefficient (Wildman–Crippen LogP) is 8.77. The van der Waals surface area contributed by atoms with Crippen LogP contribution in [0.2, 0.25) is 0 Å². The van der Waals surface area contributed by atoms with Crippen molar-refractivity contribution in [3.05, 3.63) is 125 Å². The number of unbranched alkanes of at least 4 members (excludes halogenated alkanes) is 1. The Bertz CT molecular complexity index is 1170. The van der Waals surface area contributed by atoms with Crippen molar-refractivity contribution >= 4 is 5.78 Å². The van der Waals surface area contributed by atoms with Crippen molar-refractivity contribution in [2.75, 3.05) is 0 Å². The van der Waals surface area contributed by atoms with Gasteiger partial charge in [0.05, 0.1) is 0 Å². The summed E-state index contributed by atoms with van der Waals surface area (Å²) >= 11 is 0. The molecule has 0 fully saturated rings. The zero-order chi connectivity index (χ0) is 25.7. The summed E-state index contributed by atoms with van der Waals surface area (Å²) in [5.74, 6) is 1.36. The molecule has 4 rings (SSSR count). The number of carbonyl (C=O) groups excluding carboxylic acids is 1. The number of ether oxygens (including phenoxy) is 1. The lowest BCUT2D eigenvalue weighted by Crippen LogP contribution is -2.18. The number of ketones is 1. The minimum atomic E-state index is 0.0458. The van der Waals surface area contributed by atoms with E-state index in [1.54, 1.807) is 0 Å². The van der Waals surface area contributed by atoms with E-state index in [2.05, 4.69) is 79.7 Å². The van der Waals surface area contributed by atoms with Crippen LogP contribution in [0.25, 0.3) is 0 Å². The zero-order valence-corrected chi connectivity index (χ0v) is 22.2. The van der Waals surface area contributed by atoms with Gasteiger partial charge in [0, 0.05) is 12.3 Å². The van der Waals surface area contributed by atoms with E-state index in [9.17, 15) is 4.79 Å². The number of allylic oxidation sites excluding steroid dienone is 4. The van der Waals surface area contributed by atoms with Crippen molar-refractivity contribution in [1.29, 1.82) is 0 Å². The second kappa shape index (κ2) is 14.4. The molecule has 3 aromatic carbocycles. The van der Waals surface area contributed by atoms with Crippen molar-refractivity contribution in [2.45, 2.75) is 71.3 Å². The maximum Gasteiger partial charge on any atom is 0.136 e. The maximum atomic E-state index is 13.4. The smallest absolute Gasteiger partial charge is 0.136 e. The second-order valence-corrected chi connectivity index (χ2v) is 10.2. The second-order valence-electron chi connectivity index (χ2n) is 10.2. The van der Waals surface area contributed by atoms with Crippen molar-refractivity contribution in [3.8, 4) is 5.75 Å². The fraction of sp³-hybridized carbons (Fsp3) is 0.343. The van der Waals surface area contributed by atoms with Gasteiger partial charge in [0.25, 0.3) is 0 Å². The van der Waals surface area contributed by atoms with Crippen molar-refractivity contribution in [3.63, 3.8) is 0 Å². The number of hydrogen-bond acceptors (Lipinski definition) is 2. The van der Waals surface area contributed by atoms with Crippen LogP contribution >= 0.6 is 0 Å². The molecule has 0 bridgehead atoms. The Morgan fingerprint density at radius 3 is 2.30 bits per heavy atom. The Labute approximate surface area is 223 Å². The fourth-order valence-electron chi connectivity index (χ4n) is 5.07. The molecule has 1 aliphatic carbocycles. The molecular weight excluding hydrogens is 452 g/mol. The first-order chi connectivity index (χ1) is 18.2. The quantitative estimate of drug-likeness (QED) is 0.210.